The number of carbonyl (C=O) groups is 1. The standard InChI is InChI=1S/C20H20F2N4O/c1-13(11-17-18(21)7-4-8-19(17)22)24-20(27)25-15-5-3-6-16(12-15)26-14(2)9-10-23-26/h3-10,12-13H,11H2,1-2H3,(H2,24,25,27). The summed E-state index contributed by atoms with van der Waals surface area (Å²) in [5.41, 5.74) is 2.33. The number of urea groups is 1. The van der Waals surface area contributed by atoms with E-state index in [-0.39, 0.29) is 12.0 Å². The second-order valence-electron chi connectivity index (χ2n) is 6.34. The first-order valence-electron chi connectivity index (χ1n) is 8.55. The summed E-state index contributed by atoms with van der Waals surface area (Å²) in [4.78, 5) is 12.2. The van der Waals surface area contributed by atoms with Gasteiger partial charge in [-0.25, -0.2) is 18.3 Å². The van der Waals surface area contributed by atoms with Gasteiger partial charge in [0, 0.05) is 29.2 Å². The predicted molar refractivity (Wildman–Crippen MR) is 100.0 cm³/mol. The summed E-state index contributed by atoms with van der Waals surface area (Å²) >= 11 is 0. The first-order chi connectivity index (χ1) is 12.9. The van der Waals surface area contributed by atoms with E-state index < -0.39 is 23.7 Å². The number of nitrogens with one attached hydrogen (secondary N) is 2. The first kappa shape index (κ1) is 18.6. The van der Waals surface area contributed by atoms with Gasteiger partial charge in [-0.3, -0.25) is 0 Å². The Labute approximate surface area is 156 Å². The molecule has 2 N–H and O–H groups in total. The molecule has 0 saturated heterocycles. The maximum Gasteiger partial charge on any atom is 0.319 e. The Morgan fingerprint density at radius 1 is 1.15 bits per heavy atom. The van der Waals surface area contributed by atoms with E-state index in [1.165, 1.54) is 18.2 Å². The molecule has 0 aliphatic heterocycles. The summed E-state index contributed by atoms with van der Waals surface area (Å²) < 4.78 is 29.2. The maximum absolute atomic E-state index is 13.7. The fraction of sp³-hybridized carbons (Fsp3) is 0.200. The molecular weight excluding hydrogens is 350 g/mol. The number of carbonyl (C=O) groups excluding carboxylic acids is 1. The van der Waals surface area contributed by atoms with Crippen molar-refractivity contribution in [2.24, 2.45) is 0 Å². The Kier molecular flexibility index (Phi) is 5.49. The van der Waals surface area contributed by atoms with Crippen molar-refractivity contribution in [1.29, 1.82) is 0 Å². The maximum atomic E-state index is 13.7. The average molecular weight is 370 g/mol. The van der Waals surface area contributed by atoms with Gasteiger partial charge in [-0.05, 0) is 56.7 Å². The van der Waals surface area contributed by atoms with Gasteiger partial charge < -0.3 is 10.6 Å². The van der Waals surface area contributed by atoms with Crippen molar-refractivity contribution in [3.63, 3.8) is 0 Å². The summed E-state index contributed by atoms with van der Waals surface area (Å²) in [6, 6.07) is 11.9. The lowest BCUT2D eigenvalue weighted by molar-refractivity contribution is 0.249. The van der Waals surface area contributed by atoms with E-state index in [2.05, 4.69) is 15.7 Å². The molecule has 0 bridgehead atoms. The van der Waals surface area contributed by atoms with Crippen LogP contribution in [0.15, 0.2) is 54.7 Å². The van der Waals surface area contributed by atoms with E-state index >= 15 is 0 Å². The minimum atomic E-state index is -0.619. The Morgan fingerprint density at radius 2 is 1.85 bits per heavy atom. The van der Waals surface area contributed by atoms with Crippen molar-refractivity contribution in [3.8, 4) is 5.69 Å². The molecule has 5 nitrogen and oxygen atoms in total. The Balaban J connectivity index is 1.63. The van der Waals surface area contributed by atoms with Crippen LogP contribution >= 0.6 is 0 Å². The summed E-state index contributed by atoms with van der Waals surface area (Å²) in [6.45, 7) is 3.62. The number of aryl methyl sites for hydroxylation is 1. The third-order valence-electron chi connectivity index (χ3n) is 4.13. The van der Waals surface area contributed by atoms with Gasteiger partial charge in [0.15, 0.2) is 0 Å². The SMILES string of the molecule is Cc1ccnn1-c1cccc(NC(=O)NC(C)Cc2c(F)cccc2F)c1. The molecule has 3 aromatic rings. The minimum Gasteiger partial charge on any atom is -0.335 e. The zero-order valence-corrected chi connectivity index (χ0v) is 15.0. The van der Waals surface area contributed by atoms with Gasteiger partial charge in [0.2, 0.25) is 0 Å². The second-order valence-corrected chi connectivity index (χ2v) is 6.34. The van der Waals surface area contributed by atoms with Crippen LogP contribution in [0, 0.1) is 18.6 Å². The largest absolute Gasteiger partial charge is 0.335 e. The van der Waals surface area contributed by atoms with Crippen molar-refractivity contribution >= 4 is 11.7 Å². The third kappa shape index (κ3) is 4.49. The number of hydrogen-bond acceptors (Lipinski definition) is 2. The smallest absolute Gasteiger partial charge is 0.319 e. The van der Waals surface area contributed by atoms with Crippen LogP contribution in [0.4, 0.5) is 19.3 Å². The summed E-state index contributed by atoms with van der Waals surface area (Å²) in [7, 11) is 0. The van der Waals surface area contributed by atoms with Gasteiger partial charge in [-0.1, -0.05) is 12.1 Å². The molecule has 1 unspecified atom stereocenters. The summed E-state index contributed by atoms with van der Waals surface area (Å²) in [6.07, 6.45) is 1.75. The molecule has 0 aliphatic carbocycles. The molecule has 0 spiro atoms. The van der Waals surface area contributed by atoms with E-state index in [1.54, 1.807) is 29.9 Å². The number of hydrogen-bond donors (Lipinski definition) is 2. The van der Waals surface area contributed by atoms with Crippen molar-refractivity contribution in [3.05, 3.63) is 77.6 Å². The lowest BCUT2D eigenvalue weighted by Gasteiger charge is -2.16. The number of halogens is 2. The molecule has 2 aromatic carbocycles. The number of aromatic nitrogens is 2. The molecule has 0 saturated carbocycles. The van der Waals surface area contributed by atoms with E-state index in [0.717, 1.165) is 11.4 Å². The highest BCUT2D eigenvalue weighted by atomic mass is 19.1. The van der Waals surface area contributed by atoms with Crippen molar-refractivity contribution in [1.82, 2.24) is 15.1 Å². The lowest BCUT2D eigenvalue weighted by atomic mass is 10.1. The first-order valence-corrected chi connectivity index (χ1v) is 8.55. The Bertz CT molecular complexity index is 934. The number of anilines is 1. The van der Waals surface area contributed by atoms with E-state index in [0.29, 0.717) is 5.69 Å². The predicted octanol–water partition coefficient (Wildman–Crippen LogP) is 4.21. The third-order valence-corrected chi connectivity index (χ3v) is 4.13. The summed E-state index contributed by atoms with van der Waals surface area (Å²) in [5.74, 6) is -1.24. The number of amides is 2. The number of benzene rings is 2. The molecule has 140 valence electrons. The molecule has 2 amide bonds. The summed E-state index contributed by atoms with van der Waals surface area (Å²) in [5, 5.41) is 9.66. The zero-order chi connectivity index (χ0) is 19.4. The highest BCUT2D eigenvalue weighted by molar-refractivity contribution is 5.89. The van der Waals surface area contributed by atoms with Gasteiger partial charge in [0.1, 0.15) is 11.6 Å². The molecule has 7 heteroatoms. The molecule has 3 rings (SSSR count). The Morgan fingerprint density at radius 3 is 2.52 bits per heavy atom. The van der Waals surface area contributed by atoms with E-state index in [4.69, 9.17) is 0 Å². The van der Waals surface area contributed by atoms with Crippen LogP contribution in [-0.2, 0) is 6.42 Å². The molecule has 1 atom stereocenters. The zero-order valence-electron chi connectivity index (χ0n) is 15.0. The molecule has 0 aliphatic rings. The number of nitrogens with zero attached hydrogens (tertiary/aromatic N) is 2. The van der Waals surface area contributed by atoms with E-state index in [9.17, 15) is 13.6 Å². The second kappa shape index (κ2) is 7.99. The van der Waals surface area contributed by atoms with Crippen molar-refractivity contribution in [2.45, 2.75) is 26.3 Å². The fourth-order valence-corrected chi connectivity index (χ4v) is 2.83. The highest BCUT2D eigenvalue weighted by Gasteiger charge is 2.14. The average Bonchev–Trinajstić information content (AvgIpc) is 3.04. The quantitative estimate of drug-likeness (QED) is 0.707. The Hall–Kier alpha value is -3.22. The van der Waals surface area contributed by atoms with Crippen LogP contribution < -0.4 is 10.6 Å². The molecule has 0 radical (unpaired) electrons. The van der Waals surface area contributed by atoms with Crippen LogP contribution in [0.1, 0.15) is 18.2 Å². The van der Waals surface area contributed by atoms with Crippen LogP contribution in [0.2, 0.25) is 0 Å². The van der Waals surface area contributed by atoms with Crippen LogP contribution in [0.3, 0.4) is 0 Å². The number of rotatable bonds is 5. The molecule has 0 fully saturated rings. The normalized spacial score (nSPS) is 11.9. The van der Waals surface area contributed by atoms with Crippen LogP contribution in [0.25, 0.3) is 5.69 Å². The van der Waals surface area contributed by atoms with Crippen molar-refractivity contribution in [2.75, 3.05) is 5.32 Å². The lowest BCUT2D eigenvalue weighted by Crippen LogP contribution is -2.37. The van der Waals surface area contributed by atoms with Gasteiger partial charge in [-0.2, -0.15) is 5.10 Å². The molecule has 1 aromatic heterocycles. The monoisotopic (exact) mass is 370 g/mol. The fourth-order valence-electron chi connectivity index (χ4n) is 2.83. The highest BCUT2D eigenvalue weighted by Crippen LogP contribution is 2.16. The van der Waals surface area contributed by atoms with Crippen LogP contribution in [-0.4, -0.2) is 21.9 Å². The van der Waals surface area contributed by atoms with Crippen molar-refractivity contribution < 1.29 is 13.6 Å². The van der Waals surface area contributed by atoms with Gasteiger partial charge in [-0.15, -0.1) is 0 Å². The molecule has 1 heterocycles. The molecule has 27 heavy (non-hydrogen) atoms. The molecular formula is C20H20F2N4O. The van der Waals surface area contributed by atoms with Crippen LogP contribution in [0.5, 0.6) is 0 Å². The van der Waals surface area contributed by atoms with Gasteiger partial charge in [0.25, 0.3) is 0 Å². The van der Waals surface area contributed by atoms with E-state index in [1.807, 2.05) is 25.1 Å². The van der Waals surface area contributed by atoms with Gasteiger partial charge in [0.05, 0.1) is 5.69 Å². The minimum absolute atomic E-state index is 0.0403. The topological polar surface area (TPSA) is 59.0 Å². The van der Waals surface area contributed by atoms with Gasteiger partial charge >= 0.3 is 6.03 Å².